The predicted octanol–water partition coefficient (Wildman–Crippen LogP) is 15.9. The van der Waals surface area contributed by atoms with Gasteiger partial charge in [-0.3, -0.25) is 0 Å². The molecule has 45 heavy (non-hydrogen) atoms. The van der Waals surface area contributed by atoms with Crippen molar-refractivity contribution in [3.63, 3.8) is 0 Å². The summed E-state index contributed by atoms with van der Waals surface area (Å²) in [6, 6.07) is 4.80. The maximum absolute atomic E-state index is 11.6. The highest BCUT2D eigenvalue weighted by molar-refractivity contribution is 5.47. The third-order valence-electron chi connectivity index (χ3n) is 10.6. The zero-order valence-electron chi connectivity index (χ0n) is 31.7. The Labute approximate surface area is 284 Å². The van der Waals surface area contributed by atoms with E-state index in [9.17, 15) is 5.11 Å². The monoisotopic (exact) mass is 627 g/mol. The van der Waals surface area contributed by atoms with E-state index in [1.54, 1.807) is 0 Å². The molecule has 0 bridgehead atoms. The number of phenolic OH excluding ortho intramolecular Hbond substituents is 1. The average Bonchev–Trinajstić information content (AvgIpc) is 3.04. The van der Waals surface area contributed by atoms with Crippen LogP contribution in [0.4, 0.5) is 0 Å². The van der Waals surface area contributed by atoms with Gasteiger partial charge in [-0.15, -0.1) is 0 Å². The molecule has 1 aromatic rings. The predicted molar refractivity (Wildman–Crippen MR) is 204 cm³/mol. The summed E-state index contributed by atoms with van der Waals surface area (Å²) in [4.78, 5) is 0. The minimum atomic E-state index is 0.445. The van der Waals surface area contributed by atoms with Gasteiger partial charge in [0.1, 0.15) is 5.75 Å². The summed E-state index contributed by atoms with van der Waals surface area (Å²) >= 11 is 0. The van der Waals surface area contributed by atoms with E-state index < -0.39 is 0 Å². The molecule has 0 saturated carbocycles. The lowest BCUT2D eigenvalue weighted by molar-refractivity contribution is 0.440. The molecule has 1 nitrogen and oxygen atoms in total. The molecule has 0 spiro atoms. The van der Waals surface area contributed by atoms with Crippen molar-refractivity contribution in [2.24, 2.45) is 0 Å². The number of rotatable bonds is 33. The fourth-order valence-corrected chi connectivity index (χ4v) is 7.29. The summed E-state index contributed by atoms with van der Waals surface area (Å²) < 4.78 is 0. The van der Waals surface area contributed by atoms with Crippen molar-refractivity contribution in [2.75, 3.05) is 0 Å². The molecule has 1 rings (SSSR count). The first-order chi connectivity index (χ1) is 22.0. The quantitative estimate of drug-likeness (QED) is 0.0770. The first-order valence-corrected chi connectivity index (χ1v) is 20.9. The van der Waals surface area contributed by atoms with Gasteiger partial charge < -0.3 is 5.11 Å². The minimum Gasteiger partial charge on any atom is -0.507 e. The Kier molecular flexibility index (Phi) is 28.4. The van der Waals surface area contributed by atoms with Gasteiger partial charge in [0.25, 0.3) is 0 Å². The van der Waals surface area contributed by atoms with Crippen LogP contribution in [0.5, 0.6) is 5.75 Å². The van der Waals surface area contributed by atoms with Gasteiger partial charge in [-0.2, -0.15) is 0 Å². The maximum atomic E-state index is 11.6. The summed E-state index contributed by atoms with van der Waals surface area (Å²) in [6.07, 6.45) is 42.3. The molecule has 0 saturated heterocycles. The summed E-state index contributed by atoms with van der Waals surface area (Å²) in [5.41, 5.74) is 3.97. The van der Waals surface area contributed by atoms with E-state index in [1.165, 1.54) is 216 Å². The molecule has 0 fully saturated rings. The first-order valence-electron chi connectivity index (χ1n) is 20.9. The highest BCUT2D eigenvalue weighted by Gasteiger charge is 2.19. The topological polar surface area (TPSA) is 20.2 Å². The SMILES string of the molecule is CCCCCCCCCCCCCCc1cc(C(C)CCCCCCCCCC)c(O)c(C(C)CCCCCCCCCC)c1. The van der Waals surface area contributed by atoms with E-state index in [-0.39, 0.29) is 0 Å². The largest absolute Gasteiger partial charge is 0.507 e. The molecule has 0 aliphatic carbocycles. The zero-order valence-corrected chi connectivity index (χ0v) is 31.7. The van der Waals surface area contributed by atoms with Crippen LogP contribution in [-0.2, 0) is 6.42 Å². The van der Waals surface area contributed by atoms with Gasteiger partial charge in [0, 0.05) is 0 Å². The third-order valence-corrected chi connectivity index (χ3v) is 10.6. The van der Waals surface area contributed by atoms with Crippen molar-refractivity contribution in [2.45, 2.75) is 245 Å². The molecular formula is C44H82O. The number of hydrogen-bond donors (Lipinski definition) is 1. The summed E-state index contributed by atoms with van der Waals surface area (Å²) in [7, 11) is 0. The molecule has 0 radical (unpaired) electrons. The summed E-state index contributed by atoms with van der Waals surface area (Å²) in [5.74, 6) is 1.52. The van der Waals surface area contributed by atoms with Crippen molar-refractivity contribution < 1.29 is 5.11 Å². The second-order valence-corrected chi connectivity index (χ2v) is 15.1. The Morgan fingerprint density at radius 2 is 0.667 bits per heavy atom. The normalized spacial score (nSPS) is 13.0. The Morgan fingerprint density at radius 3 is 0.978 bits per heavy atom. The van der Waals surface area contributed by atoms with Gasteiger partial charge in [0.2, 0.25) is 0 Å². The Hall–Kier alpha value is -0.980. The number of hydrogen-bond acceptors (Lipinski definition) is 1. The fraction of sp³-hybridized carbons (Fsp3) is 0.864. The van der Waals surface area contributed by atoms with Crippen LogP contribution in [0.1, 0.15) is 256 Å². The lowest BCUT2D eigenvalue weighted by Crippen LogP contribution is -2.03. The van der Waals surface area contributed by atoms with Gasteiger partial charge in [0.05, 0.1) is 0 Å². The number of aromatic hydroxyl groups is 1. The van der Waals surface area contributed by atoms with E-state index in [1.807, 2.05) is 0 Å². The lowest BCUT2D eigenvalue weighted by atomic mass is 9.85. The number of aryl methyl sites for hydroxylation is 1. The molecule has 1 heteroatoms. The number of phenols is 1. The molecule has 0 amide bonds. The van der Waals surface area contributed by atoms with Gasteiger partial charge in [-0.05, 0) is 54.2 Å². The molecule has 0 aliphatic heterocycles. The standard InChI is InChI=1S/C44H82O/c1-6-9-12-15-18-21-22-23-24-27-30-33-36-41-37-42(39(4)34-31-28-25-19-16-13-10-7-2)44(45)43(38-41)40(5)35-32-29-26-20-17-14-11-8-3/h37-40,45H,6-36H2,1-5H3. The fourth-order valence-electron chi connectivity index (χ4n) is 7.29. The molecule has 2 unspecified atom stereocenters. The van der Waals surface area contributed by atoms with Gasteiger partial charge in [-0.25, -0.2) is 0 Å². The maximum Gasteiger partial charge on any atom is 0.122 e. The van der Waals surface area contributed by atoms with Gasteiger partial charge in [-0.1, -0.05) is 220 Å². The van der Waals surface area contributed by atoms with Crippen LogP contribution < -0.4 is 0 Å². The Bertz CT molecular complexity index is 719. The van der Waals surface area contributed by atoms with Crippen molar-refractivity contribution in [3.05, 3.63) is 28.8 Å². The van der Waals surface area contributed by atoms with Crippen molar-refractivity contribution in [1.29, 1.82) is 0 Å². The summed E-state index contributed by atoms with van der Waals surface area (Å²) in [5, 5.41) is 11.6. The highest BCUT2D eigenvalue weighted by atomic mass is 16.3. The minimum absolute atomic E-state index is 0.445. The van der Waals surface area contributed by atoms with E-state index in [2.05, 4.69) is 46.8 Å². The van der Waals surface area contributed by atoms with Crippen molar-refractivity contribution >= 4 is 0 Å². The average molecular weight is 627 g/mol. The first kappa shape index (κ1) is 42.0. The van der Waals surface area contributed by atoms with Crippen molar-refractivity contribution in [1.82, 2.24) is 0 Å². The van der Waals surface area contributed by atoms with Crippen LogP contribution in [0.2, 0.25) is 0 Å². The molecule has 1 N–H and O–H groups in total. The highest BCUT2D eigenvalue weighted by Crippen LogP contribution is 2.39. The smallest absolute Gasteiger partial charge is 0.122 e. The molecule has 0 aliphatic rings. The van der Waals surface area contributed by atoms with E-state index in [0.717, 1.165) is 0 Å². The molecule has 2 atom stereocenters. The second kappa shape index (κ2) is 30.4. The van der Waals surface area contributed by atoms with Crippen LogP contribution in [0.3, 0.4) is 0 Å². The Morgan fingerprint density at radius 1 is 0.400 bits per heavy atom. The Balaban J connectivity index is 2.60. The molecule has 1 aromatic carbocycles. The lowest BCUT2D eigenvalue weighted by Gasteiger charge is -2.22. The van der Waals surface area contributed by atoms with Crippen LogP contribution >= 0.6 is 0 Å². The molecule has 264 valence electrons. The van der Waals surface area contributed by atoms with Crippen LogP contribution in [0.25, 0.3) is 0 Å². The summed E-state index contributed by atoms with van der Waals surface area (Å²) in [6.45, 7) is 11.6. The molecule has 0 aromatic heterocycles. The third kappa shape index (κ3) is 22.3. The van der Waals surface area contributed by atoms with E-state index in [0.29, 0.717) is 17.6 Å². The molecular weight excluding hydrogens is 544 g/mol. The van der Waals surface area contributed by atoms with Gasteiger partial charge >= 0.3 is 0 Å². The van der Waals surface area contributed by atoms with Crippen LogP contribution in [0, 0.1) is 0 Å². The second-order valence-electron chi connectivity index (χ2n) is 15.1. The zero-order chi connectivity index (χ0) is 32.8. The van der Waals surface area contributed by atoms with Crippen LogP contribution in [-0.4, -0.2) is 5.11 Å². The van der Waals surface area contributed by atoms with E-state index >= 15 is 0 Å². The number of benzene rings is 1. The molecule has 0 heterocycles. The van der Waals surface area contributed by atoms with Crippen molar-refractivity contribution in [3.8, 4) is 5.75 Å². The van der Waals surface area contributed by atoms with E-state index in [4.69, 9.17) is 0 Å². The number of unbranched alkanes of at least 4 members (excludes halogenated alkanes) is 25. The van der Waals surface area contributed by atoms with Gasteiger partial charge in [0.15, 0.2) is 0 Å². The van der Waals surface area contributed by atoms with Crippen LogP contribution in [0.15, 0.2) is 12.1 Å².